The fraction of sp³-hybridized carbons (Fsp3) is 0.0556. The van der Waals surface area contributed by atoms with Crippen LogP contribution in [0.2, 0.25) is 0 Å². The minimum atomic E-state index is -1.12. The molecule has 2 amide bonds. The molecule has 0 bridgehead atoms. The number of nitrogens with one attached hydrogen (secondary N) is 2. The summed E-state index contributed by atoms with van der Waals surface area (Å²) in [6.07, 6.45) is 0.764. The third kappa shape index (κ3) is 4.93. The largest absolute Gasteiger partial charge is 0.508 e. The molecule has 4 N–H and O–H groups in total. The lowest BCUT2D eigenvalue weighted by Gasteiger charge is -2.06. The van der Waals surface area contributed by atoms with Crippen LogP contribution in [0.25, 0.3) is 5.76 Å². The predicted molar refractivity (Wildman–Crippen MR) is 90.5 cm³/mol. The molecule has 25 heavy (non-hydrogen) atoms. The number of aryl methyl sites for hydroxylation is 1. The lowest BCUT2D eigenvalue weighted by Crippen LogP contribution is -2.44. The molecular formula is C18H16N2O5. The van der Waals surface area contributed by atoms with E-state index in [2.05, 4.69) is 0 Å². The van der Waals surface area contributed by atoms with Crippen LogP contribution in [0, 0.1) is 6.92 Å². The number of aromatic hydroxyl groups is 1. The first-order chi connectivity index (χ1) is 11.9. The Morgan fingerprint density at radius 2 is 1.64 bits per heavy atom. The second-order valence-corrected chi connectivity index (χ2v) is 5.22. The van der Waals surface area contributed by atoms with E-state index in [0.29, 0.717) is 5.56 Å². The lowest BCUT2D eigenvalue weighted by atomic mass is 10.1. The van der Waals surface area contributed by atoms with E-state index in [9.17, 15) is 24.6 Å². The number of amides is 2. The fourth-order valence-corrected chi connectivity index (χ4v) is 1.89. The van der Waals surface area contributed by atoms with Gasteiger partial charge in [-0.05, 0) is 25.1 Å². The van der Waals surface area contributed by atoms with Crippen molar-refractivity contribution >= 4 is 23.4 Å². The summed E-state index contributed by atoms with van der Waals surface area (Å²) in [6.45, 7) is 1.87. The highest BCUT2D eigenvalue weighted by molar-refractivity contribution is 6.41. The SMILES string of the molecule is Cc1ccc(/C(O)=C/C(=O)C(=O)NNC(=O)c2cccc(O)c2)cc1. The maximum atomic E-state index is 11.8. The van der Waals surface area contributed by atoms with Gasteiger partial charge in [0.2, 0.25) is 5.78 Å². The first kappa shape index (κ1) is 17.7. The number of phenolic OH excluding ortho intramolecular Hbond substituents is 1. The zero-order chi connectivity index (χ0) is 18.4. The zero-order valence-electron chi connectivity index (χ0n) is 13.3. The number of carbonyl (C=O) groups is 3. The Morgan fingerprint density at radius 1 is 0.960 bits per heavy atom. The molecule has 128 valence electrons. The van der Waals surface area contributed by atoms with E-state index in [4.69, 9.17) is 0 Å². The summed E-state index contributed by atoms with van der Waals surface area (Å²) in [5, 5.41) is 19.2. The number of benzene rings is 2. The molecule has 0 spiro atoms. The molecule has 7 nitrogen and oxygen atoms in total. The van der Waals surface area contributed by atoms with Crippen LogP contribution in [-0.2, 0) is 9.59 Å². The quantitative estimate of drug-likeness (QED) is 0.292. The maximum absolute atomic E-state index is 11.8. The van der Waals surface area contributed by atoms with E-state index < -0.39 is 17.6 Å². The summed E-state index contributed by atoms with van der Waals surface area (Å²) in [5.41, 5.74) is 5.46. The van der Waals surface area contributed by atoms with E-state index in [1.165, 1.54) is 24.3 Å². The summed E-state index contributed by atoms with van der Waals surface area (Å²) in [6, 6.07) is 12.2. The molecule has 0 aromatic heterocycles. The van der Waals surface area contributed by atoms with E-state index in [-0.39, 0.29) is 17.1 Å². The molecule has 2 aromatic rings. The highest BCUT2D eigenvalue weighted by Gasteiger charge is 2.14. The normalized spacial score (nSPS) is 10.8. The molecule has 0 heterocycles. The van der Waals surface area contributed by atoms with Crippen molar-refractivity contribution in [3.8, 4) is 5.75 Å². The molecule has 0 fully saturated rings. The van der Waals surface area contributed by atoms with Gasteiger partial charge in [0.05, 0.1) is 0 Å². The number of rotatable bonds is 4. The Hall–Kier alpha value is -3.61. The van der Waals surface area contributed by atoms with Gasteiger partial charge in [-0.25, -0.2) is 0 Å². The van der Waals surface area contributed by atoms with Crippen LogP contribution in [-0.4, -0.2) is 27.8 Å². The minimum Gasteiger partial charge on any atom is -0.508 e. The van der Waals surface area contributed by atoms with E-state index in [0.717, 1.165) is 11.6 Å². The molecule has 0 saturated heterocycles. The van der Waals surface area contributed by atoms with E-state index in [1.54, 1.807) is 24.3 Å². The van der Waals surface area contributed by atoms with Gasteiger partial charge in [-0.1, -0.05) is 35.9 Å². The average molecular weight is 340 g/mol. The number of hydrogen-bond acceptors (Lipinski definition) is 5. The molecule has 2 aromatic carbocycles. The van der Waals surface area contributed by atoms with Gasteiger partial charge in [0.15, 0.2) is 0 Å². The number of aliphatic hydroxyl groups is 1. The second kappa shape index (κ2) is 7.78. The first-order valence-corrected chi connectivity index (χ1v) is 7.28. The number of phenols is 1. The standard InChI is InChI=1S/C18H16N2O5/c1-11-5-7-12(8-6-11)15(22)10-16(23)18(25)20-19-17(24)13-3-2-4-14(21)9-13/h2-10,21-22H,1H3,(H,19,24)(H,20,25)/b15-10-. The van der Waals surface area contributed by atoms with Crippen molar-refractivity contribution in [3.63, 3.8) is 0 Å². The van der Waals surface area contributed by atoms with Crippen LogP contribution in [0.1, 0.15) is 21.5 Å². The molecule has 0 aliphatic carbocycles. The number of aliphatic hydroxyl groups excluding tert-OH is 1. The Morgan fingerprint density at radius 3 is 2.28 bits per heavy atom. The van der Waals surface area contributed by atoms with Gasteiger partial charge in [0.1, 0.15) is 11.5 Å². The number of hydrazine groups is 1. The fourth-order valence-electron chi connectivity index (χ4n) is 1.89. The Labute approximate surface area is 143 Å². The van der Waals surface area contributed by atoms with Gasteiger partial charge < -0.3 is 10.2 Å². The third-order valence-electron chi connectivity index (χ3n) is 3.24. The topological polar surface area (TPSA) is 116 Å². The van der Waals surface area contributed by atoms with Crippen molar-refractivity contribution < 1.29 is 24.6 Å². The second-order valence-electron chi connectivity index (χ2n) is 5.22. The van der Waals surface area contributed by atoms with Crippen LogP contribution in [0.3, 0.4) is 0 Å². The van der Waals surface area contributed by atoms with Crippen LogP contribution in [0.5, 0.6) is 5.75 Å². The Balaban J connectivity index is 1.96. The summed E-state index contributed by atoms with van der Waals surface area (Å²) in [5.74, 6) is -3.33. The third-order valence-corrected chi connectivity index (χ3v) is 3.24. The average Bonchev–Trinajstić information content (AvgIpc) is 2.59. The molecule has 0 radical (unpaired) electrons. The smallest absolute Gasteiger partial charge is 0.310 e. The summed E-state index contributed by atoms with van der Waals surface area (Å²) < 4.78 is 0. The van der Waals surface area contributed by atoms with Gasteiger partial charge in [0.25, 0.3) is 5.91 Å². The van der Waals surface area contributed by atoms with Crippen molar-refractivity contribution in [1.82, 2.24) is 10.9 Å². The van der Waals surface area contributed by atoms with Crippen LogP contribution in [0.15, 0.2) is 54.6 Å². The van der Waals surface area contributed by atoms with Crippen LogP contribution < -0.4 is 10.9 Å². The van der Waals surface area contributed by atoms with Crippen LogP contribution >= 0.6 is 0 Å². The van der Waals surface area contributed by atoms with Crippen molar-refractivity contribution in [3.05, 3.63) is 71.3 Å². The number of hydrogen-bond donors (Lipinski definition) is 4. The predicted octanol–water partition coefficient (Wildman–Crippen LogP) is 1.63. The minimum absolute atomic E-state index is 0.103. The first-order valence-electron chi connectivity index (χ1n) is 7.28. The highest BCUT2D eigenvalue weighted by Crippen LogP contribution is 2.12. The van der Waals surface area contributed by atoms with E-state index >= 15 is 0 Å². The van der Waals surface area contributed by atoms with Gasteiger partial charge >= 0.3 is 5.91 Å². The van der Waals surface area contributed by atoms with Gasteiger partial charge in [-0.2, -0.15) is 0 Å². The molecule has 7 heteroatoms. The van der Waals surface area contributed by atoms with Crippen molar-refractivity contribution in [2.45, 2.75) is 6.92 Å². The van der Waals surface area contributed by atoms with Gasteiger partial charge in [-0.15, -0.1) is 0 Å². The van der Waals surface area contributed by atoms with Crippen molar-refractivity contribution in [1.29, 1.82) is 0 Å². The highest BCUT2D eigenvalue weighted by atomic mass is 16.3. The van der Waals surface area contributed by atoms with Crippen molar-refractivity contribution in [2.75, 3.05) is 0 Å². The molecule has 0 saturated carbocycles. The van der Waals surface area contributed by atoms with Gasteiger partial charge in [-0.3, -0.25) is 25.2 Å². The molecule has 0 aliphatic rings. The van der Waals surface area contributed by atoms with Crippen molar-refractivity contribution in [2.24, 2.45) is 0 Å². The Bertz CT molecular complexity index is 841. The summed E-state index contributed by atoms with van der Waals surface area (Å²) in [7, 11) is 0. The monoisotopic (exact) mass is 340 g/mol. The zero-order valence-corrected chi connectivity index (χ0v) is 13.3. The number of carbonyl (C=O) groups excluding carboxylic acids is 3. The molecule has 2 rings (SSSR count). The van der Waals surface area contributed by atoms with Gasteiger partial charge in [0, 0.05) is 17.2 Å². The molecular weight excluding hydrogens is 324 g/mol. The number of ketones is 1. The Kier molecular flexibility index (Phi) is 5.52. The maximum Gasteiger partial charge on any atom is 0.310 e. The molecule has 0 atom stereocenters. The molecule has 0 unspecified atom stereocenters. The van der Waals surface area contributed by atoms with E-state index in [1.807, 2.05) is 17.8 Å². The lowest BCUT2D eigenvalue weighted by molar-refractivity contribution is -0.135. The van der Waals surface area contributed by atoms with Crippen LogP contribution in [0.4, 0.5) is 0 Å². The molecule has 0 aliphatic heterocycles. The summed E-state index contributed by atoms with van der Waals surface area (Å²) in [4.78, 5) is 35.2. The summed E-state index contributed by atoms with van der Waals surface area (Å²) >= 11 is 0.